The van der Waals surface area contributed by atoms with Gasteiger partial charge in [0.05, 0.1) is 23.0 Å². The van der Waals surface area contributed by atoms with Crippen molar-refractivity contribution in [2.24, 2.45) is 0 Å². The first-order chi connectivity index (χ1) is 9.32. The molecule has 0 unspecified atom stereocenters. The Hall–Kier alpha value is -1.59. The minimum atomic E-state index is -0.523. The molecule has 3 rings (SSSR count). The van der Waals surface area contributed by atoms with Crippen molar-refractivity contribution in [3.05, 3.63) is 30.5 Å². The molecular formula is C15H18BNO3. The Morgan fingerprint density at radius 3 is 2.15 bits per heavy atom. The number of aromatic nitrogens is 1. The monoisotopic (exact) mass is 271 g/mol. The highest BCUT2D eigenvalue weighted by Gasteiger charge is 2.52. The van der Waals surface area contributed by atoms with E-state index in [2.05, 4.69) is 4.98 Å². The van der Waals surface area contributed by atoms with Crippen molar-refractivity contribution in [3.63, 3.8) is 0 Å². The van der Waals surface area contributed by atoms with Crippen molar-refractivity contribution in [2.45, 2.75) is 38.9 Å². The minimum absolute atomic E-state index is 0.167. The molecule has 1 aromatic carbocycles. The van der Waals surface area contributed by atoms with Crippen LogP contribution in [-0.2, 0) is 9.31 Å². The van der Waals surface area contributed by atoms with Crippen molar-refractivity contribution in [1.29, 1.82) is 0 Å². The fourth-order valence-corrected chi connectivity index (χ4v) is 2.34. The zero-order valence-corrected chi connectivity index (χ0v) is 12.2. The predicted octanol–water partition coefficient (Wildman–Crippen LogP) is 2.24. The summed E-state index contributed by atoms with van der Waals surface area (Å²) in [5, 5.41) is 11.5. The molecule has 0 spiro atoms. The van der Waals surface area contributed by atoms with Crippen molar-refractivity contribution < 1.29 is 14.4 Å². The van der Waals surface area contributed by atoms with Gasteiger partial charge in [0.1, 0.15) is 5.75 Å². The normalized spacial score (nSPS) is 20.5. The maximum atomic E-state index is 9.90. The number of pyridine rings is 1. The maximum Gasteiger partial charge on any atom is 0.515 e. The number of nitrogens with zero attached hydrogens (tertiary/aromatic N) is 1. The van der Waals surface area contributed by atoms with Gasteiger partial charge in [-0.2, -0.15) is 0 Å². The number of fused-ring (bicyclic) bond motifs is 1. The summed E-state index contributed by atoms with van der Waals surface area (Å²) >= 11 is 0. The predicted molar refractivity (Wildman–Crippen MR) is 79.1 cm³/mol. The number of rotatable bonds is 1. The molecule has 4 nitrogen and oxygen atoms in total. The van der Waals surface area contributed by atoms with E-state index in [0.717, 1.165) is 10.8 Å². The van der Waals surface area contributed by atoms with Crippen LogP contribution >= 0.6 is 0 Å². The number of hydrogen-bond acceptors (Lipinski definition) is 4. The molecule has 1 aliphatic heterocycles. The summed E-state index contributed by atoms with van der Waals surface area (Å²) in [5.41, 5.74) is -0.103. The summed E-state index contributed by atoms with van der Waals surface area (Å²) in [6.45, 7) is 8.04. The summed E-state index contributed by atoms with van der Waals surface area (Å²) in [5.74, 6) is 0.167. The molecule has 0 radical (unpaired) electrons. The summed E-state index contributed by atoms with van der Waals surface area (Å²) in [7, 11) is -0.523. The molecule has 5 heteroatoms. The Balaban J connectivity index is 2.11. The molecule has 20 heavy (non-hydrogen) atoms. The van der Waals surface area contributed by atoms with E-state index >= 15 is 0 Å². The second kappa shape index (κ2) is 4.20. The highest BCUT2D eigenvalue weighted by atomic mass is 16.7. The quantitative estimate of drug-likeness (QED) is 0.808. The molecule has 0 bridgehead atoms. The molecule has 104 valence electrons. The van der Waals surface area contributed by atoms with Gasteiger partial charge < -0.3 is 14.4 Å². The van der Waals surface area contributed by atoms with E-state index < -0.39 is 18.3 Å². The lowest BCUT2D eigenvalue weighted by molar-refractivity contribution is 0.00578. The van der Waals surface area contributed by atoms with Gasteiger partial charge in [0.2, 0.25) is 0 Å². The minimum Gasteiger partial charge on any atom is -0.506 e. The van der Waals surface area contributed by atoms with Crippen LogP contribution in [0.5, 0.6) is 5.75 Å². The van der Waals surface area contributed by atoms with Crippen molar-refractivity contribution in [2.75, 3.05) is 0 Å². The number of aromatic hydroxyl groups is 1. The summed E-state index contributed by atoms with van der Waals surface area (Å²) in [6.07, 6.45) is 1.45. The second-order valence-corrected chi connectivity index (χ2v) is 6.16. The largest absolute Gasteiger partial charge is 0.515 e. The third-order valence-corrected chi connectivity index (χ3v) is 4.28. The highest BCUT2D eigenvalue weighted by molar-refractivity contribution is 6.64. The van der Waals surface area contributed by atoms with Gasteiger partial charge >= 0.3 is 7.12 Å². The standard InChI is InChI=1S/C15H18BNO3/c1-14(2)15(3,4)20-16(19-14)13-11-8-6-5-7-10(11)12(18)9-17-13/h5-9,18H,1-4H3. The van der Waals surface area contributed by atoms with Gasteiger partial charge in [-0.15, -0.1) is 0 Å². The maximum absolute atomic E-state index is 9.90. The molecule has 1 saturated heterocycles. The highest BCUT2D eigenvalue weighted by Crippen LogP contribution is 2.37. The fraction of sp³-hybridized carbons (Fsp3) is 0.400. The first kappa shape index (κ1) is 13.4. The number of hydrogen-bond donors (Lipinski definition) is 1. The zero-order chi connectivity index (χ0) is 14.5. The van der Waals surface area contributed by atoms with Crippen molar-refractivity contribution >= 4 is 23.5 Å². The zero-order valence-electron chi connectivity index (χ0n) is 12.2. The van der Waals surface area contributed by atoms with Gasteiger partial charge in [-0.25, -0.2) is 0 Å². The Labute approximate surface area is 118 Å². The Morgan fingerprint density at radius 2 is 1.55 bits per heavy atom. The van der Waals surface area contributed by atoms with Crippen LogP contribution in [-0.4, -0.2) is 28.4 Å². The van der Waals surface area contributed by atoms with Crippen LogP contribution in [0.4, 0.5) is 0 Å². The van der Waals surface area contributed by atoms with Gasteiger partial charge in [0.25, 0.3) is 0 Å². The molecule has 0 amide bonds. The van der Waals surface area contributed by atoms with Crippen LogP contribution < -0.4 is 5.59 Å². The molecule has 1 N–H and O–H groups in total. The molecule has 1 aromatic heterocycles. The third-order valence-electron chi connectivity index (χ3n) is 4.28. The summed E-state index contributed by atoms with van der Waals surface area (Å²) < 4.78 is 12.1. The molecule has 1 aliphatic rings. The van der Waals surface area contributed by atoms with Gasteiger partial charge in [-0.3, -0.25) is 4.98 Å². The van der Waals surface area contributed by atoms with Crippen LogP contribution in [0.2, 0.25) is 0 Å². The molecule has 0 aliphatic carbocycles. The fourth-order valence-electron chi connectivity index (χ4n) is 2.34. The second-order valence-electron chi connectivity index (χ2n) is 6.16. The lowest BCUT2D eigenvalue weighted by Crippen LogP contribution is -2.41. The molecule has 2 aromatic rings. The van der Waals surface area contributed by atoms with E-state index in [9.17, 15) is 5.11 Å². The topological polar surface area (TPSA) is 51.6 Å². The molecule has 0 saturated carbocycles. The Kier molecular flexibility index (Phi) is 2.82. The third kappa shape index (κ3) is 1.89. The lowest BCUT2D eigenvalue weighted by atomic mass is 9.81. The first-order valence-corrected chi connectivity index (χ1v) is 6.74. The average molecular weight is 271 g/mol. The van der Waals surface area contributed by atoms with E-state index in [4.69, 9.17) is 9.31 Å². The van der Waals surface area contributed by atoms with Gasteiger partial charge in [-0.05, 0) is 27.7 Å². The summed E-state index contributed by atoms with van der Waals surface area (Å²) in [4.78, 5) is 4.32. The first-order valence-electron chi connectivity index (χ1n) is 6.74. The van der Waals surface area contributed by atoms with Crippen LogP contribution in [0.25, 0.3) is 10.8 Å². The number of benzene rings is 1. The van der Waals surface area contributed by atoms with Gasteiger partial charge in [0, 0.05) is 10.8 Å². The van der Waals surface area contributed by atoms with E-state index in [1.54, 1.807) is 0 Å². The molecule has 1 fully saturated rings. The Bertz CT molecular complexity index is 653. The van der Waals surface area contributed by atoms with Crippen LogP contribution in [0.3, 0.4) is 0 Å². The van der Waals surface area contributed by atoms with E-state index in [1.807, 2.05) is 52.0 Å². The summed E-state index contributed by atoms with van der Waals surface area (Å²) in [6, 6.07) is 7.58. The lowest BCUT2D eigenvalue weighted by Gasteiger charge is -2.32. The molecule has 0 atom stereocenters. The smallest absolute Gasteiger partial charge is 0.506 e. The van der Waals surface area contributed by atoms with Crippen LogP contribution in [0.15, 0.2) is 30.5 Å². The van der Waals surface area contributed by atoms with Crippen LogP contribution in [0, 0.1) is 0 Å². The molecular weight excluding hydrogens is 253 g/mol. The van der Waals surface area contributed by atoms with Crippen molar-refractivity contribution in [1.82, 2.24) is 4.98 Å². The van der Waals surface area contributed by atoms with Crippen LogP contribution in [0.1, 0.15) is 27.7 Å². The van der Waals surface area contributed by atoms with Crippen molar-refractivity contribution in [3.8, 4) is 5.75 Å². The van der Waals surface area contributed by atoms with Gasteiger partial charge in [-0.1, -0.05) is 24.3 Å². The van der Waals surface area contributed by atoms with E-state index in [-0.39, 0.29) is 5.75 Å². The van der Waals surface area contributed by atoms with E-state index in [1.165, 1.54) is 6.20 Å². The average Bonchev–Trinajstić information content (AvgIpc) is 2.59. The van der Waals surface area contributed by atoms with Gasteiger partial charge in [0.15, 0.2) is 0 Å². The van der Waals surface area contributed by atoms with E-state index in [0.29, 0.717) is 5.59 Å². The Morgan fingerprint density at radius 1 is 1.00 bits per heavy atom. The molecule has 2 heterocycles. The SMILES string of the molecule is CC1(C)OB(c2ncc(O)c3ccccc23)OC1(C)C.